The number of likely N-dealkylation sites (N-methyl/N-ethyl adjacent to an activating group) is 1. The van der Waals surface area contributed by atoms with Crippen molar-refractivity contribution in [2.75, 3.05) is 13.6 Å². The van der Waals surface area contributed by atoms with Gasteiger partial charge in [0.1, 0.15) is 4.90 Å². The summed E-state index contributed by atoms with van der Waals surface area (Å²) in [7, 11) is -3.39. The predicted molar refractivity (Wildman–Crippen MR) is 68.3 cm³/mol. The second-order valence-electron chi connectivity index (χ2n) is 3.92. The SMILES string of the molecule is CN(C[C@H](O)C(F)(F)F)S(=O)(=O)c1cc(Cl)ccc1Cl. The van der Waals surface area contributed by atoms with Gasteiger partial charge in [0.15, 0.2) is 6.10 Å². The molecule has 1 aromatic carbocycles. The highest BCUT2D eigenvalue weighted by Gasteiger charge is 2.40. The van der Waals surface area contributed by atoms with Crippen molar-refractivity contribution in [3.8, 4) is 0 Å². The third kappa shape index (κ3) is 3.98. The van der Waals surface area contributed by atoms with Gasteiger partial charge in [0.25, 0.3) is 0 Å². The van der Waals surface area contributed by atoms with E-state index >= 15 is 0 Å². The number of sulfonamides is 1. The van der Waals surface area contributed by atoms with E-state index in [0.717, 1.165) is 13.1 Å². The molecule has 10 heteroatoms. The number of aliphatic hydroxyl groups is 1. The van der Waals surface area contributed by atoms with E-state index in [0.29, 0.717) is 4.31 Å². The fraction of sp³-hybridized carbons (Fsp3) is 0.400. The lowest BCUT2D eigenvalue weighted by atomic mass is 10.3. The lowest BCUT2D eigenvalue weighted by molar-refractivity contribution is -0.204. The summed E-state index contributed by atoms with van der Waals surface area (Å²) in [5.41, 5.74) is 0. The molecule has 20 heavy (non-hydrogen) atoms. The molecule has 0 radical (unpaired) electrons. The first-order valence-corrected chi connectivity index (χ1v) is 7.32. The van der Waals surface area contributed by atoms with Crippen molar-refractivity contribution in [1.29, 1.82) is 0 Å². The van der Waals surface area contributed by atoms with Gasteiger partial charge in [-0.1, -0.05) is 23.2 Å². The van der Waals surface area contributed by atoms with E-state index in [1.54, 1.807) is 0 Å². The summed E-state index contributed by atoms with van der Waals surface area (Å²) in [6.07, 6.45) is -7.71. The van der Waals surface area contributed by atoms with Crippen LogP contribution in [0.15, 0.2) is 23.1 Å². The second-order valence-corrected chi connectivity index (χ2v) is 6.77. The first-order chi connectivity index (χ1) is 8.96. The van der Waals surface area contributed by atoms with Crippen molar-refractivity contribution in [3.63, 3.8) is 0 Å². The molecule has 0 aliphatic rings. The number of halogens is 5. The Kier molecular flexibility index (Phi) is 5.31. The first kappa shape index (κ1) is 17.5. The van der Waals surface area contributed by atoms with Crippen molar-refractivity contribution in [1.82, 2.24) is 4.31 Å². The zero-order chi connectivity index (χ0) is 15.7. The summed E-state index contributed by atoms with van der Waals surface area (Å²) in [5.74, 6) is 0. The van der Waals surface area contributed by atoms with Crippen LogP contribution in [0.1, 0.15) is 0 Å². The van der Waals surface area contributed by atoms with Crippen LogP contribution >= 0.6 is 23.2 Å². The molecule has 1 rings (SSSR count). The molecular weight excluding hydrogens is 342 g/mol. The summed E-state index contributed by atoms with van der Waals surface area (Å²) >= 11 is 11.3. The van der Waals surface area contributed by atoms with Crippen molar-refractivity contribution in [3.05, 3.63) is 28.2 Å². The van der Waals surface area contributed by atoms with Gasteiger partial charge < -0.3 is 5.11 Å². The molecule has 0 bridgehead atoms. The summed E-state index contributed by atoms with van der Waals surface area (Å²) in [4.78, 5) is -0.427. The first-order valence-electron chi connectivity index (χ1n) is 5.12. The lowest BCUT2D eigenvalue weighted by Crippen LogP contribution is -2.41. The molecule has 0 fully saturated rings. The number of aliphatic hydroxyl groups excluding tert-OH is 1. The molecule has 0 aliphatic carbocycles. The Morgan fingerprint density at radius 1 is 1.35 bits per heavy atom. The Hall–Kier alpha value is -0.540. The topological polar surface area (TPSA) is 57.6 Å². The molecular formula is C10H10Cl2F3NO3S. The van der Waals surface area contributed by atoms with Gasteiger partial charge in [0.2, 0.25) is 10.0 Å². The summed E-state index contributed by atoms with van der Waals surface area (Å²) < 4.78 is 61.2. The number of rotatable bonds is 4. The van der Waals surface area contributed by atoms with E-state index in [1.807, 2.05) is 0 Å². The number of hydrogen-bond acceptors (Lipinski definition) is 3. The van der Waals surface area contributed by atoms with Crippen molar-refractivity contribution < 1.29 is 26.7 Å². The largest absolute Gasteiger partial charge is 0.415 e. The maximum atomic E-state index is 12.2. The highest BCUT2D eigenvalue weighted by molar-refractivity contribution is 7.89. The van der Waals surface area contributed by atoms with Crippen molar-refractivity contribution in [2.45, 2.75) is 17.2 Å². The van der Waals surface area contributed by atoms with Gasteiger partial charge in [-0.3, -0.25) is 0 Å². The predicted octanol–water partition coefficient (Wildman–Crippen LogP) is 2.54. The zero-order valence-electron chi connectivity index (χ0n) is 10.0. The molecule has 0 unspecified atom stereocenters. The summed E-state index contributed by atoms with van der Waals surface area (Å²) in [5, 5.41) is 8.79. The molecule has 0 amide bonds. The highest BCUT2D eigenvalue weighted by Crippen LogP contribution is 2.28. The number of hydrogen-bond donors (Lipinski definition) is 1. The number of alkyl halides is 3. The third-order valence-electron chi connectivity index (χ3n) is 2.39. The van der Waals surface area contributed by atoms with E-state index in [4.69, 9.17) is 28.3 Å². The van der Waals surface area contributed by atoms with Gasteiger partial charge in [0, 0.05) is 18.6 Å². The van der Waals surface area contributed by atoms with Crippen LogP contribution in [0, 0.1) is 0 Å². The van der Waals surface area contributed by atoms with Gasteiger partial charge in [-0.05, 0) is 18.2 Å². The minimum Gasteiger partial charge on any atom is -0.382 e. The van der Waals surface area contributed by atoms with Crippen LogP contribution < -0.4 is 0 Å². The quantitative estimate of drug-likeness (QED) is 0.906. The van der Waals surface area contributed by atoms with Crippen molar-refractivity contribution >= 4 is 33.2 Å². The Balaban J connectivity index is 3.08. The average molecular weight is 352 g/mol. The van der Waals surface area contributed by atoms with E-state index in [2.05, 4.69) is 0 Å². The maximum absolute atomic E-state index is 12.2. The fourth-order valence-electron chi connectivity index (χ4n) is 1.29. The van der Waals surface area contributed by atoms with Crippen LogP contribution in [0.2, 0.25) is 10.0 Å². The van der Waals surface area contributed by atoms with Gasteiger partial charge >= 0.3 is 6.18 Å². The van der Waals surface area contributed by atoms with Crippen LogP contribution in [-0.2, 0) is 10.0 Å². The minimum atomic E-state index is -4.91. The smallest absolute Gasteiger partial charge is 0.382 e. The molecule has 0 spiro atoms. The Morgan fingerprint density at radius 3 is 2.40 bits per heavy atom. The molecule has 114 valence electrons. The normalized spacial score (nSPS) is 14.6. The minimum absolute atomic E-state index is 0.0674. The lowest BCUT2D eigenvalue weighted by Gasteiger charge is -2.22. The van der Waals surface area contributed by atoms with Gasteiger partial charge in [0.05, 0.1) is 5.02 Å². The van der Waals surface area contributed by atoms with Crippen LogP contribution in [0.25, 0.3) is 0 Å². The van der Waals surface area contributed by atoms with Crippen molar-refractivity contribution in [2.24, 2.45) is 0 Å². The van der Waals surface area contributed by atoms with Crippen LogP contribution in [0.3, 0.4) is 0 Å². The highest BCUT2D eigenvalue weighted by atomic mass is 35.5. The molecule has 0 aliphatic heterocycles. The molecule has 1 N–H and O–H groups in total. The molecule has 0 saturated heterocycles. The van der Waals surface area contributed by atoms with E-state index in [9.17, 15) is 21.6 Å². The van der Waals surface area contributed by atoms with Crippen LogP contribution in [0.5, 0.6) is 0 Å². The second kappa shape index (κ2) is 6.07. The third-order valence-corrected chi connectivity index (χ3v) is 4.93. The molecule has 0 heterocycles. The molecule has 0 aromatic heterocycles. The maximum Gasteiger partial charge on any atom is 0.415 e. The molecule has 1 aromatic rings. The van der Waals surface area contributed by atoms with E-state index in [-0.39, 0.29) is 10.0 Å². The van der Waals surface area contributed by atoms with E-state index in [1.165, 1.54) is 12.1 Å². The van der Waals surface area contributed by atoms with Gasteiger partial charge in [-0.2, -0.15) is 17.5 Å². The summed E-state index contributed by atoms with van der Waals surface area (Å²) in [6.45, 7) is -1.14. The van der Waals surface area contributed by atoms with Crippen LogP contribution in [0.4, 0.5) is 13.2 Å². The standard InChI is InChI=1S/C10H10Cl2F3NO3S/c1-16(5-9(17)10(13,14)15)20(18,19)8-4-6(11)2-3-7(8)12/h2-4,9,17H,5H2,1H3/t9-/m0/s1. The average Bonchev–Trinajstić information content (AvgIpc) is 2.30. The van der Waals surface area contributed by atoms with Crippen LogP contribution in [-0.4, -0.2) is 43.7 Å². The monoisotopic (exact) mass is 351 g/mol. The molecule has 1 atom stereocenters. The van der Waals surface area contributed by atoms with Gasteiger partial charge in [-0.25, -0.2) is 8.42 Å². The van der Waals surface area contributed by atoms with Gasteiger partial charge in [-0.15, -0.1) is 0 Å². The zero-order valence-corrected chi connectivity index (χ0v) is 12.4. The Bertz CT molecular complexity index is 592. The number of benzene rings is 1. The molecule has 0 saturated carbocycles. The fourth-order valence-corrected chi connectivity index (χ4v) is 3.20. The number of nitrogens with zero attached hydrogens (tertiary/aromatic N) is 1. The molecule has 4 nitrogen and oxygen atoms in total. The Morgan fingerprint density at radius 2 is 1.90 bits per heavy atom. The van der Waals surface area contributed by atoms with E-state index < -0.39 is 33.7 Å². The summed E-state index contributed by atoms with van der Waals surface area (Å²) in [6, 6.07) is 3.58. The Labute approximate surface area is 123 Å².